The van der Waals surface area contributed by atoms with Crippen LogP contribution in [0.15, 0.2) is 53.7 Å². The van der Waals surface area contributed by atoms with E-state index < -0.39 is 36.3 Å². The van der Waals surface area contributed by atoms with Gasteiger partial charge in [-0.2, -0.15) is 18.4 Å². The molecule has 1 fully saturated rings. The van der Waals surface area contributed by atoms with E-state index in [1.54, 1.807) is 48.5 Å². The van der Waals surface area contributed by atoms with E-state index in [1.165, 1.54) is 6.08 Å². The van der Waals surface area contributed by atoms with Gasteiger partial charge >= 0.3 is 12.3 Å². The maximum absolute atomic E-state index is 12.7. The van der Waals surface area contributed by atoms with Gasteiger partial charge in [0.05, 0.1) is 6.07 Å². The number of rotatable bonds is 7. The molecule has 0 aromatic carbocycles. The summed E-state index contributed by atoms with van der Waals surface area (Å²) in [7, 11) is 0. The molecular formula is C23H24F3N5O4. The summed E-state index contributed by atoms with van der Waals surface area (Å²) >= 11 is 0. The second kappa shape index (κ2) is 10.6. The van der Waals surface area contributed by atoms with Crippen molar-refractivity contribution in [1.29, 1.82) is 5.26 Å². The fraction of sp³-hybridized carbons (Fsp3) is 0.391. The lowest BCUT2D eigenvalue weighted by Crippen LogP contribution is -2.64. The molecule has 12 heteroatoms. The number of hydrogen-bond donors (Lipinski definition) is 1. The van der Waals surface area contributed by atoms with E-state index in [-0.39, 0.29) is 32.0 Å². The lowest BCUT2D eigenvalue weighted by atomic mass is 9.95. The number of aromatic nitrogens is 1. The molecule has 1 aliphatic rings. The smallest absolute Gasteiger partial charge is 0.410 e. The minimum atomic E-state index is -4.63. The van der Waals surface area contributed by atoms with Crippen molar-refractivity contribution in [2.24, 2.45) is 0 Å². The van der Waals surface area contributed by atoms with Gasteiger partial charge < -0.3 is 14.5 Å². The maximum atomic E-state index is 12.7. The van der Waals surface area contributed by atoms with Gasteiger partial charge in [0, 0.05) is 37.6 Å². The number of carbonyl (C=O) groups is 2. The lowest BCUT2D eigenvalue weighted by molar-refractivity contribution is -0.143. The quantitative estimate of drug-likeness (QED) is 0.593. The lowest BCUT2D eigenvalue weighted by Gasteiger charge is -2.44. The van der Waals surface area contributed by atoms with Gasteiger partial charge in [0.1, 0.15) is 30.7 Å². The van der Waals surface area contributed by atoms with E-state index in [4.69, 9.17) is 9.15 Å². The third-order valence-electron chi connectivity index (χ3n) is 5.61. The van der Waals surface area contributed by atoms with Crippen molar-refractivity contribution in [2.75, 3.05) is 32.8 Å². The maximum Gasteiger partial charge on any atom is 0.410 e. The predicted octanol–water partition coefficient (Wildman–Crippen LogP) is 3.07. The van der Waals surface area contributed by atoms with E-state index in [1.807, 2.05) is 5.32 Å². The number of nitrogens with one attached hydrogen (secondary N) is 1. The monoisotopic (exact) mass is 491 g/mol. The molecule has 0 aliphatic carbocycles. The van der Waals surface area contributed by atoms with E-state index in [0.717, 1.165) is 10.5 Å². The van der Waals surface area contributed by atoms with Gasteiger partial charge in [0.25, 0.3) is 0 Å². The van der Waals surface area contributed by atoms with Crippen LogP contribution in [0, 0.1) is 11.3 Å². The molecule has 1 unspecified atom stereocenters. The van der Waals surface area contributed by atoms with Crippen LogP contribution in [0.25, 0.3) is 11.3 Å². The number of pyridine rings is 1. The number of carbonyl (C=O) groups excluding carboxylic acids is 2. The van der Waals surface area contributed by atoms with Crippen molar-refractivity contribution in [2.45, 2.75) is 24.7 Å². The average molecular weight is 491 g/mol. The molecule has 35 heavy (non-hydrogen) atoms. The van der Waals surface area contributed by atoms with Crippen molar-refractivity contribution in [1.82, 2.24) is 20.1 Å². The molecular weight excluding hydrogens is 467 g/mol. The molecule has 3 rings (SSSR count). The second-order valence-electron chi connectivity index (χ2n) is 7.94. The summed E-state index contributed by atoms with van der Waals surface area (Å²) < 4.78 is 49.0. The number of nitrogens with zero attached hydrogens (tertiary/aromatic N) is 4. The molecule has 0 spiro atoms. The Morgan fingerprint density at radius 1 is 1.31 bits per heavy atom. The molecule has 9 nitrogen and oxygen atoms in total. The van der Waals surface area contributed by atoms with Crippen LogP contribution in [-0.2, 0) is 15.1 Å². The molecule has 2 amide bonds. The zero-order valence-corrected chi connectivity index (χ0v) is 18.9. The van der Waals surface area contributed by atoms with Gasteiger partial charge in [-0.3, -0.25) is 19.6 Å². The number of ether oxygens (including phenoxy) is 1. The third-order valence-corrected chi connectivity index (χ3v) is 5.61. The summed E-state index contributed by atoms with van der Waals surface area (Å²) in [4.78, 5) is 31.8. The Morgan fingerprint density at radius 2 is 2.03 bits per heavy atom. The Balaban J connectivity index is 1.86. The Kier molecular flexibility index (Phi) is 7.81. The van der Waals surface area contributed by atoms with Gasteiger partial charge in [-0.05, 0) is 31.2 Å². The van der Waals surface area contributed by atoms with Crippen LogP contribution in [0.1, 0.15) is 12.7 Å². The first-order valence-corrected chi connectivity index (χ1v) is 10.6. The molecule has 3 heterocycles. The van der Waals surface area contributed by atoms with Crippen LogP contribution in [0.5, 0.6) is 0 Å². The summed E-state index contributed by atoms with van der Waals surface area (Å²) in [5.74, 6) is -0.237. The number of alkyl halides is 3. The standard InChI is InChI=1S/C23H24F3N5O4/c1-3-12-34-21(33)31-11-10-30(13-17(31)20(32)29-15-23(24,25)26)22(2,14-27)19-5-4-18(35-19)16-6-8-28-9-7-16/h3-9,17H,1,10-13,15H2,2H3,(H,29,32)/t17-,22?/m0/s1. The highest BCUT2D eigenvalue weighted by molar-refractivity contribution is 5.86. The van der Waals surface area contributed by atoms with Gasteiger partial charge in [0.2, 0.25) is 5.91 Å². The average Bonchev–Trinajstić information content (AvgIpc) is 3.36. The van der Waals surface area contributed by atoms with Crippen LogP contribution < -0.4 is 5.32 Å². The summed E-state index contributed by atoms with van der Waals surface area (Å²) in [5, 5.41) is 11.9. The van der Waals surface area contributed by atoms with Crippen LogP contribution in [0.2, 0.25) is 0 Å². The molecule has 2 aromatic rings. The number of halogens is 3. The summed E-state index contributed by atoms with van der Waals surface area (Å²) in [5.41, 5.74) is -0.629. The van der Waals surface area contributed by atoms with E-state index in [0.29, 0.717) is 5.76 Å². The molecule has 0 radical (unpaired) electrons. The fourth-order valence-corrected chi connectivity index (χ4v) is 3.70. The highest BCUT2D eigenvalue weighted by Gasteiger charge is 2.45. The van der Waals surface area contributed by atoms with Crippen LogP contribution >= 0.6 is 0 Å². The first-order valence-electron chi connectivity index (χ1n) is 10.6. The van der Waals surface area contributed by atoms with Crippen LogP contribution in [0.3, 0.4) is 0 Å². The van der Waals surface area contributed by atoms with Crippen LogP contribution in [-0.4, -0.2) is 71.8 Å². The van der Waals surface area contributed by atoms with Crippen molar-refractivity contribution < 1.29 is 31.9 Å². The van der Waals surface area contributed by atoms with E-state index in [9.17, 15) is 28.0 Å². The van der Waals surface area contributed by atoms with Crippen molar-refractivity contribution >= 4 is 12.0 Å². The Labute approximate surface area is 199 Å². The van der Waals surface area contributed by atoms with Crippen LogP contribution in [0.4, 0.5) is 18.0 Å². The topological polar surface area (TPSA) is 112 Å². The van der Waals surface area contributed by atoms with Crippen molar-refractivity contribution in [3.05, 3.63) is 55.1 Å². The van der Waals surface area contributed by atoms with Gasteiger partial charge in [-0.25, -0.2) is 4.79 Å². The summed E-state index contributed by atoms with van der Waals surface area (Å²) in [6.45, 7) is 3.20. The molecule has 186 valence electrons. The Bertz CT molecular complexity index is 1100. The molecule has 2 aromatic heterocycles. The first-order chi connectivity index (χ1) is 16.6. The van der Waals surface area contributed by atoms with Gasteiger partial charge in [-0.15, -0.1) is 0 Å². The summed E-state index contributed by atoms with van der Waals surface area (Å²) in [6.07, 6.45) is -0.979. The molecule has 2 atom stereocenters. The first kappa shape index (κ1) is 25.8. The van der Waals surface area contributed by atoms with E-state index in [2.05, 4.69) is 17.6 Å². The second-order valence-corrected chi connectivity index (χ2v) is 7.94. The number of nitriles is 1. The largest absolute Gasteiger partial charge is 0.458 e. The molecule has 1 aliphatic heterocycles. The van der Waals surface area contributed by atoms with Gasteiger partial charge in [0.15, 0.2) is 5.54 Å². The minimum absolute atomic E-state index is 0.0602. The summed E-state index contributed by atoms with van der Waals surface area (Å²) in [6, 6.07) is 7.65. The minimum Gasteiger partial charge on any atom is -0.458 e. The highest BCUT2D eigenvalue weighted by atomic mass is 19.4. The highest BCUT2D eigenvalue weighted by Crippen LogP contribution is 2.34. The third kappa shape index (κ3) is 5.99. The molecule has 0 saturated carbocycles. The normalized spacial score (nSPS) is 18.3. The Morgan fingerprint density at radius 3 is 2.66 bits per heavy atom. The number of furan rings is 1. The van der Waals surface area contributed by atoms with Gasteiger partial charge in [-0.1, -0.05) is 12.7 Å². The fourth-order valence-electron chi connectivity index (χ4n) is 3.70. The number of piperazine rings is 1. The molecule has 1 saturated heterocycles. The number of hydrogen-bond acceptors (Lipinski definition) is 7. The predicted molar refractivity (Wildman–Crippen MR) is 118 cm³/mol. The van der Waals surface area contributed by atoms with E-state index >= 15 is 0 Å². The molecule has 1 N–H and O–H groups in total. The SMILES string of the molecule is C=CCOC(=O)N1CCN(C(C)(C#N)c2ccc(-c3ccncc3)o2)C[C@H]1C(=O)NCC(F)(F)F. The Hall–Kier alpha value is -3.85. The molecule has 0 bridgehead atoms. The van der Waals surface area contributed by atoms with Crippen molar-refractivity contribution in [3.8, 4) is 17.4 Å². The zero-order valence-electron chi connectivity index (χ0n) is 18.9. The van der Waals surface area contributed by atoms with Crippen molar-refractivity contribution in [3.63, 3.8) is 0 Å². The number of amides is 2. The zero-order chi connectivity index (χ0) is 25.6.